The molecule has 7 nitrogen and oxygen atoms in total. The number of hydrogen-bond acceptors (Lipinski definition) is 6. The fraction of sp³-hybridized carbons (Fsp3) is 0.269. The van der Waals surface area contributed by atoms with Crippen LogP contribution in [0.5, 0.6) is 5.75 Å². The third-order valence-electron chi connectivity index (χ3n) is 5.35. The molecule has 0 saturated heterocycles. The average Bonchev–Trinajstić information content (AvgIpc) is 3.45. The van der Waals surface area contributed by atoms with Gasteiger partial charge in [0.25, 0.3) is 0 Å². The number of aromatic nitrogens is 3. The molecule has 2 aromatic carbocycles. The number of hydrogen-bond donors (Lipinski definition) is 1. The van der Waals surface area contributed by atoms with Crippen LogP contribution in [0.1, 0.15) is 33.8 Å². The maximum atomic E-state index is 12.7. The highest BCUT2D eigenvalue weighted by Crippen LogP contribution is 2.24. The number of benzene rings is 2. The zero-order valence-corrected chi connectivity index (χ0v) is 20.6. The first-order valence-corrected chi connectivity index (χ1v) is 12.0. The van der Waals surface area contributed by atoms with Gasteiger partial charge in [0.15, 0.2) is 11.0 Å². The quantitative estimate of drug-likeness (QED) is 0.323. The van der Waals surface area contributed by atoms with E-state index >= 15 is 0 Å². The number of nitrogens with zero attached hydrogens (tertiary/aromatic N) is 3. The Hall–Kier alpha value is -3.52. The molecule has 0 aliphatic carbocycles. The van der Waals surface area contributed by atoms with Gasteiger partial charge in [-0.25, -0.2) is 0 Å². The third kappa shape index (κ3) is 5.88. The maximum Gasteiger partial charge on any atom is 0.234 e. The predicted molar refractivity (Wildman–Crippen MR) is 133 cm³/mol. The molecule has 0 radical (unpaired) electrons. The summed E-state index contributed by atoms with van der Waals surface area (Å²) in [5.41, 5.74) is 5.30. The van der Waals surface area contributed by atoms with E-state index < -0.39 is 0 Å². The molecular formula is C26H28N4O3S. The average molecular weight is 477 g/mol. The fourth-order valence-electron chi connectivity index (χ4n) is 3.71. The van der Waals surface area contributed by atoms with Crippen molar-refractivity contribution in [1.82, 2.24) is 14.8 Å². The van der Waals surface area contributed by atoms with E-state index in [4.69, 9.17) is 9.15 Å². The molecular weight excluding hydrogens is 448 g/mol. The van der Waals surface area contributed by atoms with Gasteiger partial charge in [-0.05, 0) is 63.1 Å². The van der Waals surface area contributed by atoms with Gasteiger partial charge in [0.05, 0.1) is 18.6 Å². The van der Waals surface area contributed by atoms with Gasteiger partial charge in [-0.15, -0.1) is 10.2 Å². The first-order valence-electron chi connectivity index (χ1n) is 11.0. The van der Waals surface area contributed by atoms with Crippen molar-refractivity contribution in [1.29, 1.82) is 0 Å². The highest BCUT2D eigenvalue weighted by atomic mass is 32.2. The van der Waals surface area contributed by atoms with E-state index in [2.05, 4.69) is 27.6 Å². The van der Waals surface area contributed by atoms with Crippen molar-refractivity contribution in [3.05, 3.63) is 88.6 Å². The van der Waals surface area contributed by atoms with E-state index in [0.29, 0.717) is 17.5 Å². The van der Waals surface area contributed by atoms with E-state index in [1.54, 1.807) is 6.26 Å². The lowest BCUT2D eigenvalue weighted by atomic mass is 10.1. The Kier molecular flexibility index (Phi) is 7.37. The molecule has 0 aliphatic rings. The highest BCUT2D eigenvalue weighted by molar-refractivity contribution is 7.99. The van der Waals surface area contributed by atoms with Crippen molar-refractivity contribution in [3.8, 4) is 5.75 Å². The summed E-state index contributed by atoms with van der Waals surface area (Å²) < 4.78 is 13.4. The van der Waals surface area contributed by atoms with Crippen LogP contribution in [0.4, 0.5) is 5.69 Å². The van der Waals surface area contributed by atoms with Gasteiger partial charge in [0, 0.05) is 5.69 Å². The maximum absolute atomic E-state index is 12.7. The van der Waals surface area contributed by atoms with Crippen LogP contribution in [0.15, 0.2) is 64.4 Å². The molecule has 1 amide bonds. The number of amides is 1. The van der Waals surface area contributed by atoms with Gasteiger partial charge in [-0.1, -0.05) is 47.2 Å². The number of aryl methyl sites for hydroxylation is 4. The summed E-state index contributed by atoms with van der Waals surface area (Å²) >= 11 is 1.34. The summed E-state index contributed by atoms with van der Waals surface area (Å²) in [5, 5.41) is 12.3. The van der Waals surface area contributed by atoms with Crippen molar-refractivity contribution in [2.45, 2.75) is 46.0 Å². The van der Waals surface area contributed by atoms with Crippen molar-refractivity contribution in [3.63, 3.8) is 0 Å². The van der Waals surface area contributed by atoms with Crippen LogP contribution in [0.25, 0.3) is 0 Å². The van der Waals surface area contributed by atoms with Gasteiger partial charge in [0.2, 0.25) is 5.91 Å². The normalized spacial score (nSPS) is 10.9. The fourth-order valence-corrected chi connectivity index (χ4v) is 4.47. The number of ether oxygens (including phenoxy) is 1. The third-order valence-corrected chi connectivity index (χ3v) is 6.32. The van der Waals surface area contributed by atoms with E-state index in [1.165, 1.54) is 22.9 Å². The number of furan rings is 1. The smallest absolute Gasteiger partial charge is 0.234 e. The number of nitrogens with one attached hydrogen (secondary N) is 1. The minimum absolute atomic E-state index is 0.0925. The van der Waals surface area contributed by atoms with Crippen LogP contribution in [0.2, 0.25) is 0 Å². The number of carbonyl (C=O) groups is 1. The SMILES string of the molecule is Cc1ccc(OCc2nnc(SCC(=O)Nc3c(C)cc(C)cc3C)n2Cc2ccco2)cc1. The van der Waals surface area contributed by atoms with Gasteiger partial charge in [-0.3, -0.25) is 9.36 Å². The molecule has 0 aliphatic heterocycles. The standard InChI is InChI=1S/C26H28N4O3S/c1-17-7-9-21(10-8-17)33-15-23-28-29-26(30(23)14-22-6-5-11-32-22)34-16-24(31)27-25-19(3)12-18(2)13-20(25)4/h5-13H,14-16H2,1-4H3,(H,27,31). The summed E-state index contributed by atoms with van der Waals surface area (Å²) in [6.45, 7) is 8.79. The second kappa shape index (κ2) is 10.6. The topological polar surface area (TPSA) is 82.2 Å². The molecule has 0 unspecified atom stereocenters. The first kappa shape index (κ1) is 23.6. The predicted octanol–water partition coefficient (Wildman–Crippen LogP) is 5.46. The largest absolute Gasteiger partial charge is 0.486 e. The van der Waals surface area contributed by atoms with E-state index in [0.717, 1.165) is 28.3 Å². The summed E-state index contributed by atoms with van der Waals surface area (Å²) in [6, 6.07) is 15.7. The van der Waals surface area contributed by atoms with Gasteiger partial charge < -0.3 is 14.5 Å². The Morgan fingerprint density at radius 3 is 2.44 bits per heavy atom. The second-order valence-corrected chi connectivity index (χ2v) is 9.22. The number of thioether (sulfide) groups is 1. The molecule has 34 heavy (non-hydrogen) atoms. The summed E-state index contributed by atoms with van der Waals surface area (Å²) in [4.78, 5) is 12.7. The van der Waals surface area contributed by atoms with Crippen molar-refractivity contribution in [2.75, 3.05) is 11.1 Å². The van der Waals surface area contributed by atoms with Crippen LogP contribution < -0.4 is 10.1 Å². The summed E-state index contributed by atoms with van der Waals surface area (Å²) in [5.74, 6) is 2.31. The lowest BCUT2D eigenvalue weighted by Crippen LogP contribution is -2.17. The van der Waals surface area contributed by atoms with Gasteiger partial charge in [-0.2, -0.15) is 0 Å². The zero-order valence-electron chi connectivity index (χ0n) is 19.8. The molecule has 2 heterocycles. The highest BCUT2D eigenvalue weighted by Gasteiger charge is 2.17. The number of carbonyl (C=O) groups excluding carboxylic acids is 1. The van der Waals surface area contributed by atoms with Crippen LogP contribution in [0.3, 0.4) is 0 Å². The minimum Gasteiger partial charge on any atom is -0.486 e. The number of rotatable bonds is 9. The molecule has 4 rings (SSSR count). The van der Waals surface area contributed by atoms with Crippen molar-refractivity contribution in [2.24, 2.45) is 0 Å². The first-order chi connectivity index (χ1) is 16.4. The molecule has 1 N–H and O–H groups in total. The molecule has 0 spiro atoms. The number of anilines is 1. The lowest BCUT2D eigenvalue weighted by Gasteiger charge is -2.13. The van der Waals surface area contributed by atoms with Crippen LogP contribution in [0, 0.1) is 27.7 Å². The van der Waals surface area contributed by atoms with Crippen LogP contribution in [-0.2, 0) is 17.9 Å². The molecule has 0 atom stereocenters. The molecule has 4 aromatic rings. The molecule has 2 aromatic heterocycles. The molecule has 176 valence electrons. The Labute approximate surface area is 203 Å². The Balaban J connectivity index is 1.46. The van der Waals surface area contributed by atoms with Crippen LogP contribution >= 0.6 is 11.8 Å². The lowest BCUT2D eigenvalue weighted by molar-refractivity contribution is -0.113. The van der Waals surface area contributed by atoms with Crippen molar-refractivity contribution >= 4 is 23.4 Å². The Morgan fingerprint density at radius 1 is 1.03 bits per heavy atom. The molecule has 0 saturated carbocycles. The summed E-state index contributed by atoms with van der Waals surface area (Å²) in [7, 11) is 0. The van der Waals surface area contributed by atoms with Gasteiger partial charge in [0.1, 0.15) is 18.1 Å². The van der Waals surface area contributed by atoms with E-state index in [1.807, 2.05) is 68.7 Å². The summed E-state index contributed by atoms with van der Waals surface area (Å²) in [6.07, 6.45) is 1.63. The monoisotopic (exact) mass is 476 g/mol. The molecule has 0 fully saturated rings. The molecule has 0 bridgehead atoms. The second-order valence-electron chi connectivity index (χ2n) is 8.28. The minimum atomic E-state index is -0.0925. The van der Waals surface area contributed by atoms with Crippen LogP contribution in [-0.4, -0.2) is 26.4 Å². The van der Waals surface area contributed by atoms with Crippen molar-refractivity contribution < 1.29 is 13.9 Å². The Bertz CT molecular complexity index is 1240. The van der Waals surface area contributed by atoms with E-state index in [9.17, 15) is 4.79 Å². The Morgan fingerprint density at radius 2 is 1.76 bits per heavy atom. The molecule has 8 heteroatoms. The van der Waals surface area contributed by atoms with Gasteiger partial charge >= 0.3 is 0 Å². The van der Waals surface area contributed by atoms with E-state index in [-0.39, 0.29) is 18.3 Å². The zero-order chi connectivity index (χ0) is 24.1.